The van der Waals surface area contributed by atoms with E-state index in [1.54, 1.807) is 23.5 Å². The standard InChI is InChI=1S/C20H20N2O3S2/c1-27(24,25)16-10-8-14(9-11-16)20(23)22-12-4-5-15(13-22)19-21-17-6-2-3-7-18(17)26-19/h2-3,6-11,15H,4-5,12-13H2,1H3/t15-/m0/s1. The van der Waals surface area contributed by atoms with Crippen molar-refractivity contribution >= 4 is 37.3 Å². The van der Waals surface area contributed by atoms with Gasteiger partial charge in [-0.25, -0.2) is 13.4 Å². The number of piperidine rings is 1. The van der Waals surface area contributed by atoms with Crippen molar-refractivity contribution in [3.05, 3.63) is 59.1 Å². The van der Waals surface area contributed by atoms with Gasteiger partial charge in [0.15, 0.2) is 9.84 Å². The molecule has 2 heterocycles. The first-order valence-corrected chi connectivity index (χ1v) is 11.6. The maximum atomic E-state index is 12.9. The normalized spacial score (nSPS) is 18.0. The van der Waals surface area contributed by atoms with Crippen molar-refractivity contribution in [2.75, 3.05) is 19.3 Å². The Labute approximate surface area is 162 Å². The molecule has 5 nitrogen and oxygen atoms in total. The van der Waals surface area contributed by atoms with Crippen LogP contribution in [0, 0.1) is 0 Å². The number of hydrogen-bond donors (Lipinski definition) is 0. The van der Waals surface area contributed by atoms with Crippen LogP contribution in [0.4, 0.5) is 0 Å². The van der Waals surface area contributed by atoms with Gasteiger partial charge in [0.2, 0.25) is 0 Å². The van der Waals surface area contributed by atoms with Crippen molar-refractivity contribution in [3.63, 3.8) is 0 Å². The number of likely N-dealkylation sites (tertiary alicyclic amines) is 1. The highest BCUT2D eigenvalue weighted by atomic mass is 32.2. The van der Waals surface area contributed by atoms with Gasteiger partial charge in [0.05, 0.1) is 20.1 Å². The third kappa shape index (κ3) is 3.75. The molecule has 0 radical (unpaired) electrons. The van der Waals surface area contributed by atoms with Crippen LogP contribution in [-0.4, -0.2) is 43.6 Å². The number of amides is 1. The molecule has 1 atom stereocenters. The van der Waals surface area contributed by atoms with Crippen LogP contribution in [0.3, 0.4) is 0 Å². The zero-order valence-corrected chi connectivity index (χ0v) is 16.6. The second kappa shape index (κ2) is 7.05. The van der Waals surface area contributed by atoms with Gasteiger partial charge in [0.25, 0.3) is 5.91 Å². The van der Waals surface area contributed by atoms with E-state index in [0.717, 1.165) is 29.6 Å². The lowest BCUT2D eigenvalue weighted by molar-refractivity contribution is 0.0707. The molecule has 1 aromatic heterocycles. The van der Waals surface area contributed by atoms with Crippen molar-refractivity contribution in [1.82, 2.24) is 9.88 Å². The Hall–Kier alpha value is -2.25. The van der Waals surface area contributed by atoms with Crippen LogP contribution in [0.2, 0.25) is 0 Å². The van der Waals surface area contributed by atoms with E-state index in [2.05, 4.69) is 6.07 Å². The van der Waals surface area contributed by atoms with Crippen LogP contribution in [0.25, 0.3) is 10.2 Å². The van der Waals surface area contributed by atoms with Crippen LogP contribution in [-0.2, 0) is 9.84 Å². The van der Waals surface area contributed by atoms with Crippen molar-refractivity contribution in [3.8, 4) is 0 Å². The van der Waals surface area contributed by atoms with E-state index < -0.39 is 9.84 Å². The maximum absolute atomic E-state index is 12.9. The first-order chi connectivity index (χ1) is 12.9. The van der Waals surface area contributed by atoms with Gasteiger partial charge in [-0.1, -0.05) is 12.1 Å². The lowest BCUT2D eigenvalue weighted by Crippen LogP contribution is -2.39. The molecule has 27 heavy (non-hydrogen) atoms. The minimum absolute atomic E-state index is 0.0548. The van der Waals surface area contributed by atoms with Crippen LogP contribution >= 0.6 is 11.3 Å². The molecule has 0 N–H and O–H groups in total. The molecule has 0 aliphatic carbocycles. The van der Waals surface area contributed by atoms with Gasteiger partial charge in [-0.3, -0.25) is 4.79 Å². The van der Waals surface area contributed by atoms with Crippen LogP contribution in [0.1, 0.15) is 34.1 Å². The van der Waals surface area contributed by atoms with E-state index in [4.69, 9.17) is 4.98 Å². The average Bonchev–Trinajstić information content (AvgIpc) is 3.11. The summed E-state index contributed by atoms with van der Waals surface area (Å²) in [6, 6.07) is 14.3. The molecule has 1 fully saturated rings. The van der Waals surface area contributed by atoms with E-state index >= 15 is 0 Å². The molecule has 1 saturated heterocycles. The maximum Gasteiger partial charge on any atom is 0.253 e. The minimum Gasteiger partial charge on any atom is -0.338 e. The highest BCUT2D eigenvalue weighted by Gasteiger charge is 2.27. The molecule has 0 saturated carbocycles. The van der Waals surface area contributed by atoms with Crippen LogP contribution in [0.5, 0.6) is 0 Å². The predicted molar refractivity (Wildman–Crippen MR) is 107 cm³/mol. The van der Waals surface area contributed by atoms with Gasteiger partial charge in [-0.2, -0.15) is 0 Å². The number of rotatable bonds is 3. The minimum atomic E-state index is -3.26. The van der Waals surface area contributed by atoms with E-state index in [0.29, 0.717) is 18.7 Å². The number of aromatic nitrogens is 1. The number of hydrogen-bond acceptors (Lipinski definition) is 5. The van der Waals surface area contributed by atoms with Crippen molar-refractivity contribution in [2.24, 2.45) is 0 Å². The summed E-state index contributed by atoms with van der Waals surface area (Å²) in [6.07, 6.45) is 3.13. The summed E-state index contributed by atoms with van der Waals surface area (Å²) in [4.78, 5) is 19.7. The highest BCUT2D eigenvalue weighted by Crippen LogP contribution is 2.33. The Bertz CT molecular complexity index is 1050. The summed E-state index contributed by atoms with van der Waals surface area (Å²) >= 11 is 1.70. The molecule has 0 bridgehead atoms. The largest absolute Gasteiger partial charge is 0.338 e. The Morgan fingerprint density at radius 2 is 1.89 bits per heavy atom. The number of carbonyl (C=O) groups excluding carboxylic acids is 1. The van der Waals surface area contributed by atoms with E-state index in [9.17, 15) is 13.2 Å². The molecule has 1 aliphatic heterocycles. The molecule has 2 aromatic carbocycles. The second-order valence-electron chi connectivity index (χ2n) is 6.91. The van der Waals surface area contributed by atoms with Gasteiger partial charge in [-0.15, -0.1) is 11.3 Å². The van der Waals surface area contributed by atoms with Gasteiger partial charge in [-0.05, 0) is 49.2 Å². The van der Waals surface area contributed by atoms with Crippen molar-refractivity contribution in [2.45, 2.75) is 23.7 Å². The number of thiazole rings is 1. The number of fused-ring (bicyclic) bond motifs is 1. The van der Waals surface area contributed by atoms with Gasteiger partial charge >= 0.3 is 0 Å². The number of para-hydroxylation sites is 1. The molecule has 140 valence electrons. The lowest BCUT2D eigenvalue weighted by Gasteiger charge is -2.32. The monoisotopic (exact) mass is 400 g/mol. The van der Waals surface area contributed by atoms with E-state index in [1.165, 1.54) is 16.8 Å². The van der Waals surface area contributed by atoms with E-state index in [1.807, 2.05) is 23.1 Å². The third-order valence-corrected chi connectivity index (χ3v) is 7.23. The zero-order valence-electron chi connectivity index (χ0n) is 15.0. The summed E-state index contributed by atoms with van der Waals surface area (Å²) in [5, 5.41) is 1.08. The van der Waals surface area contributed by atoms with Crippen molar-refractivity contribution in [1.29, 1.82) is 0 Å². The summed E-state index contributed by atoms with van der Waals surface area (Å²) in [5.74, 6) is 0.191. The summed E-state index contributed by atoms with van der Waals surface area (Å²) in [7, 11) is -3.26. The Morgan fingerprint density at radius 3 is 2.59 bits per heavy atom. The first-order valence-electron chi connectivity index (χ1n) is 8.87. The third-order valence-electron chi connectivity index (χ3n) is 4.90. The smallest absolute Gasteiger partial charge is 0.253 e. The van der Waals surface area contributed by atoms with Gasteiger partial charge in [0, 0.05) is 30.8 Å². The number of sulfone groups is 1. The zero-order chi connectivity index (χ0) is 19.0. The molecule has 1 aliphatic rings. The fraction of sp³-hybridized carbons (Fsp3) is 0.300. The summed E-state index contributed by atoms with van der Waals surface area (Å²) < 4.78 is 24.4. The predicted octanol–water partition coefficient (Wildman–Crippen LogP) is 3.72. The number of nitrogens with zero attached hydrogens (tertiary/aromatic N) is 2. The Balaban J connectivity index is 1.53. The van der Waals surface area contributed by atoms with Crippen LogP contribution < -0.4 is 0 Å². The number of carbonyl (C=O) groups is 1. The lowest BCUT2D eigenvalue weighted by atomic mass is 9.98. The average molecular weight is 401 g/mol. The molecule has 1 amide bonds. The first kappa shape index (κ1) is 18.1. The quantitative estimate of drug-likeness (QED) is 0.672. The number of benzene rings is 2. The SMILES string of the molecule is CS(=O)(=O)c1ccc(C(=O)N2CCC[C@H](c3nc4ccccc4s3)C2)cc1. The van der Waals surface area contributed by atoms with Gasteiger partial charge in [0.1, 0.15) is 0 Å². The molecule has 3 aromatic rings. The molecule has 0 unspecified atom stereocenters. The summed E-state index contributed by atoms with van der Waals surface area (Å²) in [5.41, 5.74) is 1.53. The van der Waals surface area contributed by atoms with E-state index in [-0.39, 0.29) is 16.7 Å². The highest BCUT2D eigenvalue weighted by molar-refractivity contribution is 7.90. The Morgan fingerprint density at radius 1 is 1.15 bits per heavy atom. The topological polar surface area (TPSA) is 67.3 Å². The molecular weight excluding hydrogens is 380 g/mol. The van der Waals surface area contributed by atoms with Crippen molar-refractivity contribution < 1.29 is 13.2 Å². The van der Waals surface area contributed by atoms with Gasteiger partial charge < -0.3 is 4.90 Å². The molecule has 7 heteroatoms. The summed E-state index contributed by atoms with van der Waals surface area (Å²) in [6.45, 7) is 1.36. The molecular formula is C20H20N2O3S2. The Kier molecular flexibility index (Phi) is 4.74. The fourth-order valence-electron chi connectivity index (χ4n) is 3.46. The molecule has 4 rings (SSSR count). The second-order valence-corrected chi connectivity index (χ2v) is 9.98. The van der Waals surface area contributed by atoms with Crippen LogP contribution in [0.15, 0.2) is 53.4 Å². The fourth-order valence-corrected chi connectivity index (χ4v) is 5.18. The molecule has 0 spiro atoms.